The van der Waals surface area contributed by atoms with Crippen LogP contribution in [0, 0.1) is 5.92 Å². The first-order valence-corrected chi connectivity index (χ1v) is 8.22. The number of hydrogen-bond acceptors (Lipinski definition) is 3. The summed E-state index contributed by atoms with van der Waals surface area (Å²) in [5.74, 6) is 0.650. The van der Waals surface area contributed by atoms with E-state index < -0.39 is 0 Å². The number of methoxy groups -OCH3 is 1. The smallest absolute Gasteiger partial charge is 0.0502 e. The molecular formula is C18H30N2O. The molecule has 1 aliphatic rings. The molecule has 21 heavy (non-hydrogen) atoms. The Bertz CT molecular complexity index is 401. The molecule has 1 aliphatic heterocycles. The van der Waals surface area contributed by atoms with Crippen molar-refractivity contribution in [2.75, 3.05) is 33.4 Å². The monoisotopic (exact) mass is 290 g/mol. The molecule has 0 spiro atoms. The average molecular weight is 290 g/mol. The summed E-state index contributed by atoms with van der Waals surface area (Å²) in [5.41, 5.74) is 7.72. The van der Waals surface area contributed by atoms with E-state index in [1.54, 1.807) is 7.11 Å². The quantitative estimate of drug-likeness (QED) is 0.839. The van der Waals surface area contributed by atoms with Gasteiger partial charge in [0.05, 0.1) is 6.61 Å². The summed E-state index contributed by atoms with van der Waals surface area (Å²) in [6.07, 6.45) is 4.67. The number of nitrogens with zero attached hydrogens (tertiary/aromatic N) is 1. The zero-order valence-electron chi connectivity index (χ0n) is 13.6. The first-order chi connectivity index (χ1) is 10.2. The van der Waals surface area contributed by atoms with Crippen molar-refractivity contribution in [2.24, 2.45) is 11.7 Å². The summed E-state index contributed by atoms with van der Waals surface area (Å²) < 4.78 is 5.37. The van der Waals surface area contributed by atoms with E-state index >= 15 is 0 Å². The molecule has 2 rings (SSSR count). The second-order valence-corrected chi connectivity index (χ2v) is 6.35. The van der Waals surface area contributed by atoms with Crippen LogP contribution in [-0.2, 0) is 11.2 Å². The number of hydrogen-bond donors (Lipinski definition) is 1. The average Bonchev–Trinajstić information content (AvgIpc) is 2.54. The SMILES string of the molecule is CCC(CN)(Cc1ccccc1)N1CCCC(COC)C1. The second-order valence-electron chi connectivity index (χ2n) is 6.35. The van der Waals surface area contributed by atoms with Gasteiger partial charge in [-0.2, -0.15) is 0 Å². The Morgan fingerprint density at radius 1 is 1.33 bits per heavy atom. The third kappa shape index (κ3) is 4.06. The number of likely N-dealkylation sites (tertiary alicyclic amines) is 1. The minimum atomic E-state index is 0.0910. The lowest BCUT2D eigenvalue weighted by Crippen LogP contribution is -2.58. The van der Waals surface area contributed by atoms with Gasteiger partial charge in [-0.25, -0.2) is 0 Å². The summed E-state index contributed by atoms with van der Waals surface area (Å²) in [6.45, 7) is 6.14. The number of rotatable bonds is 7. The van der Waals surface area contributed by atoms with Crippen LogP contribution < -0.4 is 5.73 Å². The van der Waals surface area contributed by atoms with Gasteiger partial charge in [0.25, 0.3) is 0 Å². The van der Waals surface area contributed by atoms with E-state index in [9.17, 15) is 0 Å². The predicted molar refractivity (Wildman–Crippen MR) is 88.4 cm³/mol. The highest BCUT2D eigenvalue weighted by Gasteiger charge is 2.36. The molecule has 118 valence electrons. The second kappa shape index (κ2) is 7.92. The van der Waals surface area contributed by atoms with Gasteiger partial charge in [0, 0.05) is 25.7 Å². The van der Waals surface area contributed by atoms with Gasteiger partial charge >= 0.3 is 0 Å². The van der Waals surface area contributed by atoms with Crippen molar-refractivity contribution in [1.82, 2.24) is 4.90 Å². The fourth-order valence-electron chi connectivity index (χ4n) is 3.65. The summed E-state index contributed by atoms with van der Waals surface area (Å²) >= 11 is 0. The molecule has 3 nitrogen and oxygen atoms in total. The molecule has 1 aromatic carbocycles. The number of piperidine rings is 1. The van der Waals surface area contributed by atoms with Crippen LogP contribution in [0.1, 0.15) is 31.7 Å². The van der Waals surface area contributed by atoms with Crippen molar-refractivity contribution < 1.29 is 4.74 Å². The van der Waals surface area contributed by atoms with Crippen molar-refractivity contribution in [3.05, 3.63) is 35.9 Å². The number of benzene rings is 1. The fraction of sp³-hybridized carbons (Fsp3) is 0.667. The van der Waals surface area contributed by atoms with E-state index in [1.807, 2.05) is 0 Å². The van der Waals surface area contributed by atoms with E-state index in [1.165, 1.54) is 18.4 Å². The lowest BCUT2D eigenvalue weighted by molar-refractivity contribution is 0.0197. The van der Waals surface area contributed by atoms with Gasteiger partial charge in [0.15, 0.2) is 0 Å². The molecule has 3 heteroatoms. The van der Waals surface area contributed by atoms with E-state index in [0.29, 0.717) is 5.92 Å². The van der Waals surface area contributed by atoms with Crippen LogP contribution in [-0.4, -0.2) is 43.8 Å². The van der Waals surface area contributed by atoms with Crippen molar-refractivity contribution in [3.63, 3.8) is 0 Å². The Kier molecular flexibility index (Phi) is 6.22. The Morgan fingerprint density at radius 3 is 2.71 bits per heavy atom. The first-order valence-electron chi connectivity index (χ1n) is 8.22. The highest BCUT2D eigenvalue weighted by molar-refractivity contribution is 5.18. The predicted octanol–water partition coefficient (Wildman–Crippen LogP) is 2.70. The third-order valence-electron chi connectivity index (χ3n) is 5.01. The lowest BCUT2D eigenvalue weighted by Gasteiger charge is -2.47. The molecule has 0 bridgehead atoms. The molecule has 0 aliphatic carbocycles. The lowest BCUT2D eigenvalue weighted by atomic mass is 9.83. The largest absolute Gasteiger partial charge is 0.384 e. The Balaban J connectivity index is 2.12. The zero-order chi connectivity index (χ0) is 15.1. The highest BCUT2D eigenvalue weighted by atomic mass is 16.5. The van der Waals surface area contributed by atoms with Crippen molar-refractivity contribution in [1.29, 1.82) is 0 Å². The Labute approximate surface area is 129 Å². The molecule has 2 unspecified atom stereocenters. The first kappa shape index (κ1) is 16.5. The molecule has 1 heterocycles. The van der Waals surface area contributed by atoms with Crippen molar-refractivity contribution in [2.45, 2.75) is 38.1 Å². The summed E-state index contributed by atoms with van der Waals surface area (Å²) in [4.78, 5) is 2.63. The molecule has 0 amide bonds. The van der Waals surface area contributed by atoms with Gasteiger partial charge in [-0.3, -0.25) is 4.90 Å². The van der Waals surface area contributed by atoms with E-state index in [-0.39, 0.29) is 5.54 Å². The van der Waals surface area contributed by atoms with Gasteiger partial charge in [0.2, 0.25) is 0 Å². The topological polar surface area (TPSA) is 38.5 Å². The van der Waals surface area contributed by atoms with Crippen LogP contribution in [0.3, 0.4) is 0 Å². The molecule has 0 radical (unpaired) electrons. The van der Waals surface area contributed by atoms with Crippen LogP contribution in [0.2, 0.25) is 0 Å². The zero-order valence-corrected chi connectivity index (χ0v) is 13.6. The van der Waals surface area contributed by atoms with Gasteiger partial charge in [-0.15, -0.1) is 0 Å². The molecular weight excluding hydrogens is 260 g/mol. The maximum absolute atomic E-state index is 6.24. The fourth-order valence-corrected chi connectivity index (χ4v) is 3.65. The van der Waals surface area contributed by atoms with Gasteiger partial charge in [-0.1, -0.05) is 37.3 Å². The van der Waals surface area contributed by atoms with Crippen LogP contribution in [0.15, 0.2) is 30.3 Å². The molecule has 1 fully saturated rings. The van der Waals surface area contributed by atoms with Gasteiger partial charge in [-0.05, 0) is 43.7 Å². The van der Waals surface area contributed by atoms with Crippen molar-refractivity contribution >= 4 is 0 Å². The van der Waals surface area contributed by atoms with E-state index in [4.69, 9.17) is 10.5 Å². The van der Waals surface area contributed by atoms with E-state index in [2.05, 4.69) is 42.2 Å². The third-order valence-corrected chi connectivity index (χ3v) is 5.01. The minimum Gasteiger partial charge on any atom is -0.384 e. The maximum atomic E-state index is 6.24. The van der Waals surface area contributed by atoms with Crippen LogP contribution in [0.4, 0.5) is 0 Å². The molecule has 0 saturated carbocycles. The summed E-state index contributed by atoms with van der Waals surface area (Å²) in [6, 6.07) is 10.8. The molecule has 1 aromatic rings. The standard InChI is InChI=1S/C18H30N2O/c1-3-18(15-19,12-16-8-5-4-6-9-16)20-11-7-10-17(13-20)14-21-2/h4-6,8-9,17H,3,7,10-15,19H2,1-2H3. The number of nitrogens with two attached hydrogens (primary N) is 1. The Morgan fingerprint density at radius 2 is 2.10 bits per heavy atom. The number of ether oxygens (including phenoxy) is 1. The maximum Gasteiger partial charge on any atom is 0.0502 e. The molecule has 2 N–H and O–H groups in total. The van der Waals surface area contributed by atoms with Crippen molar-refractivity contribution in [3.8, 4) is 0 Å². The molecule has 1 saturated heterocycles. The Hall–Kier alpha value is -0.900. The summed E-state index contributed by atoms with van der Waals surface area (Å²) in [7, 11) is 1.80. The minimum absolute atomic E-state index is 0.0910. The van der Waals surface area contributed by atoms with Crippen LogP contribution in [0.5, 0.6) is 0 Å². The summed E-state index contributed by atoms with van der Waals surface area (Å²) in [5, 5.41) is 0. The van der Waals surface area contributed by atoms with Crippen LogP contribution in [0.25, 0.3) is 0 Å². The molecule has 2 atom stereocenters. The van der Waals surface area contributed by atoms with E-state index in [0.717, 1.165) is 39.1 Å². The highest BCUT2D eigenvalue weighted by Crippen LogP contribution is 2.29. The molecule has 0 aromatic heterocycles. The van der Waals surface area contributed by atoms with Gasteiger partial charge < -0.3 is 10.5 Å². The van der Waals surface area contributed by atoms with Gasteiger partial charge in [0.1, 0.15) is 0 Å². The normalized spacial score (nSPS) is 22.9. The van der Waals surface area contributed by atoms with Crippen LogP contribution >= 0.6 is 0 Å².